The van der Waals surface area contributed by atoms with E-state index in [1.54, 1.807) is 0 Å². The van der Waals surface area contributed by atoms with Crippen LogP contribution < -0.4 is 5.32 Å². The Morgan fingerprint density at radius 3 is 2.73 bits per heavy atom. The third-order valence-corrected chi connectivity index (χ3v) is 7.13. The van der Waals surface area contributed by atoms with Crippen molar-refractivity contribution in [2.45, 2.75) is 44.8 Å². The van der Waals surface area contributed by atoms with Crippen molar-refractivity contribution in [2.24, 2.45) is 0 Å². The Hall–Kier alpha value is -2.91. The SMILES string of the molecule is CN1CCN(C(=O)Nc2cn(C3CCCCO3)nc2-c2nc3cc4c(cc3[nH]2)CCC4)CC1. The Morgan fingerprint density at radius 2 is 1.94 bits per heavy atom. The number of piperazine rings is 1. The molecule has 2 amide bonds. The minimum atomic E-state index is -0.111. The van der Waals surface area contributed by atoms with Gasteiger partial charge in [0, 0.05) is 32.8 Å². The predicted octanol–water partition coefficient (Wildman–Crippen LogP) is 3.39. The monoisotopic (exact) mass is 449 g/mol. The summed E-state index contributed by atoms with van der Waals surface area (Å²) in [5.41, 5.74) is 6.09. The number of hydrogen-bond acceptors (Lipinski definition) is 5. The van der Waals surface area contributed by atoms with Crippen LogP contribution in [0.4, 0.5) is 10.5 Å². The van der Waals surface area contributed by atoms with Crippen molar-refractivity contribution in [3.63, 3.8) is 0 Å². The lowest BCUT2D eigenvalue weighted by Gasteiger charge is -2.32. The van der Waals surface area contributed by atoms with E-state index in [1.807, 2.05) is 15.8 Å². The van der Waals surface area contributed by atoms with Gasteiger partial charge in [-0.3, -0.25) is 0 Å². The van der Waals surface area contributed by atoms with Crippen molar-refractivity contribution >= 4 is 22.8 Å². The summed E-state index contributed by atoms with van der Waals surface area (Å²) in [6.07, 6.45) is 8.34. The summed E-state index contributed by atoms with van der Waals surface area (Å²) in [6, 6.07) is 4.32. The van der Waals surface area contributed by atoms with Crippen LogP contribution in [0.15, 0.2) is 18.3 Å². The fourth-order valence-electron chi connectivity index (χ4n) is 5.13. The lowest BCUT2D eigenvalue weighted by atomic mass is 10.1. The number of rotatable bonds is 3. The van der Waals surface area contributed by atoms with Gasteiger partial charge in [-0.25, -0.2) is 14.5 Å². The molecule has 0 spiro atoms. The second-order valence-corrected chi connectivity index (χ2v) is 9.49. The van der Waals surface area contributed by atoms with Crippen LogP contribution in [0.1, 0.15) is 43.0 Å². The van der Waals surface area contributed by atoms with Crippen LogP contribution in [0.25, 0.3) is 22.6 Å². The van der Waals surface area contributed by atoms with E-state index in [2.05, 4.69) is 34.4 Å². The van der Waals surface area contributed by atoms with Crippen molar-refractivity contribution < 1.29 is 9.53 Å². The molecule has 2 fully saturated rings. The van der Waals surface area contributed by atoms with Gasteiger partial charge in [0.25, 0.3) is 0 Å². The fraction of sp³-hybridized carbons (Fsp3) is 0.542. The number of H-pyrrole nitrogens is 1. The quantitative estimate of drug-likeness (QED) is 0.640. The number of aromatic nitrogens is 4. The van der Waals surface area contributed by atoms with Crippen molar-refractivity contribution in [1.29, 1.82) is 0 Å². The van der Waals surface area contributed by atoms with Gasteiger partial charge in [-0.15, -0.1) is 0 Å². The summed E-state index contributed by atoms with van der Waals surface area (Å²) in [4.78, 5) is 25.5. The van der Waals surface area contributed by atoms with Gasteiger partial charge in [0.05, 0.1) is 22.9 Å². The van der Waals surface area contributed by atoms with E-state index in [4.69, 9.17) is 14.8 Å². The number of carbonyl (C=O) groups is 1. The van der Waals surface area contributed by atoms with Gasteiger partial charge in [-0.1, -0.05) is 0 Å². The molecule has 3 aliphatic rings. The highest BCUT2D eigenvalue weighted by Gasteiger charge is 2.25. The summed E-state index contributed by atoms with van der Waals surface area (Å²) in [5, 5.41) is 7.96. The molecule has 1 aromatic carbocycles. The van der Waals surface area contributed by atoms with Gasteiger partial charge in [0.2, 0.25) is 0 Å². The number of likely N-dealkylation sites (N-methyl/N-ethyl adjacent to an activating group) is 1. The molecule has 2 aromatic heterocycles. The summed E-state index contributed by atoms with van der Waals surface area (Å²) in [7, 11) is 2.08. The molecular weight excluding hydrogens is 418 g/mol. The van der Waals surface area contributed by atoms with Gasteiger partial charge in [-0.2, -0.15) is 5.10 Å². The molecule has 0 radical (unpaired) electrons. The number of anilines is 1. The maximum atomic E-state index is 13.0. The van der Waals surface area contributed by atoms with E-state index in [0.717, 1.165) is 62.8 Å². The normalized spacial score (nSPS) is 21.5. The molecule has 1 atom stereocenters. The number of benzene rings is 1. The van der Waals surface area contributed by atoms with Gasteiger partial charge in [-0.05, 0) is 68.8 Å². The number of aromatic amines is 1. The number of nitrogens with zero attached hydrogens (tertiary/aromatic N) is 5. The average molecular weight is 450 g/mol. The van der Waals surface area contributed by atoms with E-state index in [-0.39, 0.29) is 12.3 Å². The van der Waals surface area contributed by atoms with E-state index >= 15 is 0 Å². The zero-order valence-corrected chi connectivity index (χ0v) is 19.1. The summed E-state index contributed by atoms with van der Waals surface area (Å²) in [6.45, 7) is 3.92. The predicted molar refractivity (Wildman–Crippen MR) is 126 cm³/mol. The number of amides is 2. The molecule has 2 saturated heterocycles. The molecule has 2 aliphatic heterocycles. The molecule has 6 rings (SSSR count). The standard InChI is InChI=1S/C24H31N7O2/c1-29-8-10-30(11-9-29)24(32)27-20-15-31(21-7-2-3-12-33-21)28-22(20)23-25-18-13-16-5-4-6-17(16)14-19(18)26-23/h13-15,21H,2-12H2,1H3,(H,25,26)(H,27,32). The van der Waals surface area contributed by atoms with E-state index in [9.17, 15) is 4.79 Å². The Bertz CT molecular complexity index is 1130. The lowest BCUT2D eigenvalue weighted by Crippen LogP contribution is -2.48. The molecule has 1 unspecified atom stereocenters. The van der Waals surface area contributed by atoms with Crippen LogP contribution in [-0.2, 0) is 17.6 Å². The van der Waals surface area contributed by atoms with Crippen LogP contribution in [0.2, 0.25) is 0 Å². The van der Waals surface area contributed by atoms with E-state index in [1.165, 1.54) is 17.5 Å². The number of ether oxygens (including phenoxy) is 1. The largest absolute Gasteiger partial charge is 0.357 e. The molecule has 9 nitrogen and oxygen atoms in total. The molecule has 2 N–H and O–H groups in total. The zero-order chi connectivity index (χ0) is 22.4. The number of aryl methyl sites for hydroxylation is 2. The third kappa shape index (κ3) is 4.00. The number of imidazole rings is 1. The number of hydrogen-bond donors (Lipinski definition) is 2. The van der Waals surface area contributed by atoms with Crippen molar-refractivity contribution in [3.8, 4) is 11.5 Å². The van der Waals surface area contributed by atoms with E-state index < -0.39 is 0 Å². The maximum absolute atomic E-state index is 13.0. The van der Waals surface area contributed by atoms with Gasteiger partial charge in [0.15, 0.2) is 11.5 Å². The first-order valence-corrected chi connectivity index (χ1v) is 12.1. The second kappa shape index (κ2) is 8.46. The van der Waals surface area contributed by atoms with Gasteiger partial charge >= 0.3 is 6.03 Å². The first-order valence-electron chi connectivity index (χ1n) is 12.1. The van der Waals surface area contributed by atoms with Crippen LogP contribution in [0.3, 0.4) is 0 Å². The lowest BCUT2D eigenvalue weighted by molar-refractivity contribution is -0.0393. The van der Waals surface area contributed by atoms with Crippen LogP contribution in [-0.4, -0.2) is 75.4 Å². The fourth-order valence-corrected chi connectivity index (χ4v) is 5.13. The minimum absolute atomic E-state index is 0.0939. The van der Waals surface area contributed by atoms with Crippen LogP contribution in [0.5, 0.6) is 0 Å². The molecule has 3 aromatic rings. The first-order chi connectivity index (χ1) is 16.1. The highest BCUT2D eigenvalue weighted by Crippen LogP contribution is 2.32. The number of nitrogens with one attached hydrogen (secondary N) is 2. The molecular formula is C24H31N7O2. The number of carbonyl (C=O) groups excluding carboxylic acids is 1. The van der Waals surface area contributed by atoms with Crippen molar-refractivity contribution in [3.05, 3.63) is 29.5 Å². The Balaban J connectivity index is 1.34. The van der Waals surface area contributed by atoms with Gasteiger partial charge < -0.3 is 24.8 Å². The molecule has 4 heterocycles. The van der Waals surface area contributed by atoms with Crippen LogP contribution in [0, 0.1) is 0 Å². The highest BCUT2D eigenvalue weighted by atomic mass is 16.5. The molecule has 9 heteroatoms. The van der Waals surface area contributed by atoms with E-state index in [0.29, 0.717) is 30.3 Å². The third-order valence-electron chi connectivity index (χ3n) is 7.13. The molecule has 1 aliphatic carbocycles. The smallest absolute Gasteiger partial charge is 0.322 e. The maximum Gasteiger partial charge on any atom is 0.322 e. The molecule has 0 saturated carbocycles. The summed E-state index contributed by atoms with van der Waals surface area (Å²) >= 11 is 0. The highest BCUT2D eigenvalue weighted by molar-refractivity contribution is 5.93. The summed E-state index contributed by atoms with van der Waals surface area (Å²) < 4.78 is 7.80. The summed E-state index contributed by atoms with van der Waals surface area (Å²) in [5.74, 6) is 0.678. The molecule has 174 valence electrons. The molecule has 0 bridgehead atoms. The first kappa shape index (κ1) is 20.7. The Kier molecular flexibility index (Phi) is 5.30. The van der Waals surface area contributed by atoms with Gasteiger partial charge in [0.1, 0.15) is 6.23 Å². The van der Waals surface area contributed by atoms with Crippen LogP contribution >= 0.6 is 0 Å². The van der Waals surface area contributed by atoms with Crippen molar-refractivity contribution in [1.82, 2.24) is 29.5 Å². The van der Waals surface area contributed by atoms with Crippen molar-refractivity contribution in [2.75, 3.05) is 45.2 Å². The molecule has 33 heavy (non-hydrogen) atoms. The Labute approximate surface area is 193 Å². The second-order valence-electron chi connectivity index (χ2n) is 9.49. The number of urea groups is 1. The minimum Gasteiger partial charge on any atom is -0.357 e. The number of fused-ring (bicyclic) bond motifs is 2. The Morgan fingerprint density at radius 1 is 1.12 bits per heavy atom. The average Bonchev–Trinajstić information content (AvgIpc) is 3.56. The topological polar surface area (TPSA) is 91.3 Å². The zero-order valence-electron chi connectivity index (χ0n) is 19.1.